The Labute approximate surface area is 119 Å². The molecule has 0 saturated carbocycles. The Morgan fingerprint density at radius 2 is 1.72 bits per heavy atom. The summed E-state index contributed by atoms with van der Waals surface area (Å²) in [5.74, 6) is 0. The van der Waals surface area contributed by atoms with Crippen molar-refractivity contribution in [2.24, 2.45) is 5.73 Å². The van der Waals surface area contributed by atoms with Gasteiger partial charge in [-0.3, -0.25) is 0 Å². The largest absolute Gasteiger partial charge is 0.378 e. The fourth-order valence-electron chi connectivity index (χ4n) is 1.81. The lowest BCUT2D eigenvalue weighted by atomic mass is 10.1. The number of aldehydes is 1. The molecule has 1 aliphatic heterocycles. The van der Waals surface area contributed by atoms with Crippen LogP contribution in [-0.2, 0) is 9.53 Å². The number of hydrogen-bond acceptors (Lipinski definition) is 4. The maximum absolute atomic E-state index is 10.5. The van der Waals surface area contributed by atoms with Crippen LogP contribution >= 0.6 is 24.8 Å². The minimum atomic E-state index is -0.515. The summed E-state index contributed by atoms with van der Waals surface area (Å²) in [5.41, 5.74) is 7.63. The summed E-state index contributed by atoms with van der Waals surface area (Å²) in [7, 11) is 0. The highest BCUT2D eigenvalue weighted by Crippen LogP contribution is 2.18. The van der Waals surface area contributed by atoms with Crippen LogP contribution in [0.5, 0.6) is 0 Å². The number of benzene rings is 1. The summed E-state index contributed by atoms with van der Waals surface area (Å²) < 4.78 is 5.29. The lowest BCUT2D eigenvalue weighted by Gasteiger charge is -2.29. The fourth-order valence-corrected chi connectivity index (χ4v) is 1.81. The van der Waals surface area contributed by atoms with Crippen LogP contribution in [0.25, 0.3) is 0 Å². The Morgan fingerprint density at radius 3 is 2.22 bits per heavy atom. The second-order valence-electron chi connectivity index (χ2n) is 3.85. The van der Waals surface area contributed by atoms with E-state index in [1.54, 1.807) is 0 Å². The number of hydrogen-bond donors (Lipinski definition) is 1. The van der Waals surface area contributed by atoms with E-state index in [1.807, 2.05) is 24.3 Å². The van der Waals surface area contributed by atoms with Crippen LogP contribution in [0, 0.1) is 0 Å². The number of nitrogens with zero attached hydrogens (tertiary/aromatic N) is 1. The molecule has 1 fully saturated rings. The minimum absolute atomic E-state index is 0. The Balaban J connectivity index is 0.00000144. The highest BCUT2D eigenvalue weighted by atomic mass is 35.5. The lowest BCUT2D eigenvalue weighted by molar-refractivity contribution is -0.109. The first-order chi connectivity index (χ1) is 7.81. The fraction of sp³-hybridized carbons (Fsp3) is 0.417. The Bertz CT molecular complexity index is 354. The number of ether oxygens (including phenoxy) is 1. The normalized spacial score (nSPS) is 16.2. The van der Waals surface area contributed by atoms with Gasteiger partial charge >= 0.3 is 0 Å². The van der Waals surface area contributed by atoms with Gasteiger partial charge in [-0.05, 0) is 17.7 Å². The zero-order valence-electron chi connectivity index (χ0n) is 9.95. The average molecular weight is 293 g/mol. The molecule has 0 aromatic heterocycles. The Morgan fingerprint density at radius 1 is 1.17 bits per heavy atom. The highest BCUT2D eigenvalue weighted by Gasteiger charge is 2.11. The van der Waals surface area contributed by atoms with Gasteiger partial charge in [0.2, 0.25) is 0 Å². The molecule has 2 rings (SSSR count). The van der Waals surface area contributed by atoms with E-state index in [2.05, 4.69) is 4.90 Å². The van der Waals surface area contributed by atoms with Crippen molar-refractivity contribution in [1.29, 1.82) is 0 Å². The molecule has 0 spiro atoms. The third kappa shape index (κ3) is 4.14. The number of anilines is 1. The minimum Gasteiger partial charge on any atom is -0.378 e. The second kappa shape index (κ2) is 8.32. The Kier molecular flexibility index (Phi) is 7.95. The van der Waals surface area contributed by atoms with Gasteiger partial charge in [0.05, 0.1) is 19.3 Å². The van der Waals surface area contributed by atoms with E-state index < -0.39 is 6.04 Å². The van der Waals surface area contributed by atoms with Crippen molar-refractivity contribution in [3.63, 3.8) is 0 Å². The van der Waals surface area contributed by atoms with E-state index in [4.69, 9.17) is 10.5 Å². The standard InChI is InChI=1S/C12H16N2O2.2ClH/c13-12(9-15)10-1-3-11(4-2-10)14-5-7-16-8-6-14;;/h1-4,9,12H,5-8,13H2;2*1H. The molecule has 1 heterocycles. The molecule has 1 unspecified atom stereocenters. The summed E-state index contributed by atoms with van der Waals surface area (Å²) in [6, 6.07) is 7.31. The summed E-state index contributed by atoms with van der Waals surface area (Å²) in [5, 5.41) is 0. The average Bonchev–Trinajstić information content (AvgIpc) is 2.39. The van der Waals surface area contributed by atoms with Crippen molar-refractivity contribution in [2.75, 3.05) is 31.2 Å². The van der Waals surface area contributed by atoms with E-state index in [-0.39, 0.29) is 24.8 Å². The number of carbonyl (C=O) groups excluding carboxylic acids is 1. The predicted octanol–water partition coefficient (Wildman–Crippen LogP) is 1.57. The second-order valence-corrected chi connectivity index (χ2v) is 3.85. The molecule has 0 aliphatic carbocycles. The van der Waals surface area contributed by atoms with Crippen LogP contribution in [0.15, 0.2) is 24.3 Å². The molecule has 0 bridgehead atoms. The Hall–Kier alpha value is -0.810. The monoisotopic (exact) mass is 292 g/mol. The van der Waals surface area contributed by atoms with Gasteiger partial charge in [-0.2, -0.15) is 0 Å². The molecule has 1 aromatic carbocycles. The zero-order chi connectivity index (χ0) is 11.4. The van der Waals surface area contributed by atoms with Gasteiger partial charge in [-0.1, -0.05) is 12.1 Å². The molecule has 1 aromatic rings. The van der Waals surface area contributed by atoms with Crippen molar-refractivity contribution in [3.05, 3.63) is 29.8 Å². The van der Waals surface area contributed by atoms with Gasteiger partial charge in [0, 0.05) is 18.8 Å². The van der Waals surface area contributed by atoms with E-state index in [9.17, 15) is 4.79 Å². The van der Waals surface area contributed by atoms with Crippen LogP contribution in [0.2, 0.25) is 0 Å². The van der Waals surface area contributed by atoms with Crippen molar-refractivity contribution >= 4 is 36.8 Å². The molecule has 0 radical (unpaired) electrons. The van der Waals surface area contributed by atoms with Crippen LogP contribution in [0.3, 0.4) is 0 Å². The van der Waals surface area contributed by atoms with E-state index in [0.29, 0.717) is 0 Å². The van der Waals surface area contributed by atoms with Crippen LogP contribution < -0.4 is 10.6 Å². The van der Waals surface area contributed by atoms with Crippen molar-refractivity contribution in [3.8, 4) is 0 Å². The molecule has 4 nitrogen and oxygen atoms in total. The van der Waals surface area contributed by atoms with E-state index in [0.717, 1.165) is 43.8 Å². The first kappa shape index (κ1) is 17.2. The number of nitrogens with two attached hydrogens (primary N) is 1. The maximum Gasteiger partial charge on any atom is 0.141 e. The summed E-state index contributed by atoms with van der Waals surface area (Å²) in [6.07, 6.45) is 0.754. The molecule has 1 aliphatic rings. The van der Waals surface area contributed by atoms with Crippen LogP contribution in [0.1, 0.15) is 11.6 Å². The SMILES string of the molecule is Cl.Cl.NC(C=O)c1ccc(N2CCOCC2)cc1. The molecule has 102 valence electrons. The zero-order valence-corrected chi connectivity index (χ0v) is 11.6. The first-order valence-corrected chi connectivity index (χ1v) is 5.45. The quantitative estimate of drug-likeness (QED) is 0.859. The third-order valence-corrected chi connectivity index (χ3v) is 2.80. The van der Waals surface area contributed by atoms with Crippen molar-refractivity contribution < 1.29 is 9.53 Å². The van der Waals surface area contributed by atoms with Crippen LogP contribution in [-0.4, -0.2) is 32.6 Å². The van der Waals surface area contributed by atoms with Gasteiger partial charge in [0.15, 0.2) is 0 Å². The topological polar surface area (TPSA) is 55.6 Å². The molecule has 0 amide bonds. The van der Waals surface area contributed by atoms with E-state index in [1.165, 1.54) is 0 Å². The van der Waals surface area contributed by atoms with Gasteiger partial charge in [-0.15, -0.1) is 24.8 Å². The number of morpholine rings is 1. The number of rotatable bonds is 3. The maximum atomic E-state index is 10.5. The van der Waals surface area contributed by atoms with Gasteiger partial charge < -0.3 is 20.2 Å². The third-order valence-electron chi connectivity index (χ3n) is 2.80. The van der Waals surface area contributed by atoms with Gasteiger partial charge in [0.1, 0.15) is 6.29 Å². The smallest absolute Gasteiger partial charge is 0.141 e. The molecule has 6 heteroatoms. The molecule has 1 saturated heterocycles. The molecular formula is C12H18Cl2N2O2. The summed E-state index contributed by atoms with van der Waals surface area (Å²) in [4.78, 5) is 12.8. The van der Waals surface area contributed by atoms with Crippen LogP contribution in [0.4, 0.5) is 5.69 Å². The summed E-state index contributed by atoms with van der Waals surface area (Å²) in [6.45, 7) is 3.38. The van der Waals surface area contributed by atoms with Gasteiger partial charge in [-0.25, -0.2) is 0 Å². The number of halogens is 2. The predicted molar refractivity (Wildman–Crippen MR) is 77.0 cm³/mol. The molecule has 18 heavy (non-hydrogen) atoms. The van der Waals surface area contributed by atoms with Gasteiger partial charge in [0.25, 0.3) is 0 Å². The van der Waals surface area contributed by atoms with Crippen molar-refractivity contribution in [1.82, 2.24) is 0 Å². The van der Waals surface area contributed by atoms with E-state index >= 15 is 0 Å². The van der Waals surface area contributed by atoms with Crippen molar-refractivity contribution in [2.45, 2.75) is 6.04 Å². The molecular weight excluding hydrogens is 275 g/mol. The highest BCUT2D eigenvalue weighted by molar-refractivity contribution is 5.85. The summed E-state index contributed by atoms with van der Waals surface area (Å²) >= 11 is 0. The lowest BCUT2D eigenvalue weighted by Crippen LogP contribution is -2.36. The first-order valence-electron chi connectivity index (χ1n) is 5.45. The molecule has 2 N–H and O–H groups in total. The number of carbonyl (C=O) groups is 1. The molecule has 1 atom stereocenters.